The van der Waals surface area contributed by atoms with Crippen molar-refractivity contribution in [1.82, 2.24) is 20.4 Å². The minimum absolute atomic E-state index is 0.540. The second kappa shape index (κ2) is 3.89. The summed E-state index contributed by atoms with van der Waals surface area (Å²) in [6.07, 6.45) is 0. The van der Waals surface area contributed by atoms with E-state index < -0.39 is 0 Å². The first kappa shape index (κ1) is 10.3. The van der Waals surface area contributed by atoms with Crippen molar-refractivity contribution in [3.05, 3.63) is 17.8 Å². The van der Waals surface area contributed by atoms with Gasteiger partial charge in [0.15, 0.2) is 0 Å². The number of aromatic nitrogens is 4. The molecule has 0 aliphatic heterocycles. The van der Waals surface area contributed by atoms with Crippen molar-refractivity contribution in [3.8, 4) is 5.88 Å². The smallest absolute Gasteiger partial charge is 0.255 e. The van der Waals surface area contributed by atoms with Crippen molar-refractivity contribution in [2.24, 2.45) is 0 Å². The van der Waals surface area contributed by atoms with Crippen molar-refractivity contribution in [3.63, 3.8) is 0 Å². The van der Waals surface area contributed by atoms with Crippen LogP contribution in [0.2, 0.25) is 0 Å². The zero-order valence-electron chi connectivity index (χ0n) is 9.47. The van der Waals surface area contributed by atoms with E-state index in [0.717, 1.165) is 26.1 Å². The first-order chi connectivity index (χ1) is 8.29. The normalized spacial score (nSPS) is 11.2. The SMILES string of the molecule is CCOc1nnnc2c1sc1nc(C)ccc12. The zero-order chi connectivity index (χ0) is 11.8. The molecule has 0 saturated carbocycles. The fourth-order valence-electron chi connectivity index (χ4n) is 1.69. The predicted molar refractivity (Wildman–Crippen MR) is 66.4 cm³/mol. The van der Waals surface area contributed by atoms with Crippen LogP contribution in [0.5, 0.6) is 5.88 Å². The summed E-state index contributed by atoms with van der Waals surface area (Å²) in [4.78, 5) is 5.43. The number of nitrogens with zero attached hydrogens (tertiary/aromatic N) is 4. The lowest BCUT2D eigenvalue weighted by Crippen LogP contribution is -1.97. The van der Waals surface area contributed by atoms with E-state index in [1.807, 2.05) is 26.0 Å². The molecule has 0 fully saturated rings. The van der Waals surface area contributed by atoms with Gasteiger partial charge in [0.05, 0.1) is 6.61 Å². The molecule has 5 nitrogen and oxygen atoms in total. The van der Waals surface area contributed by atoms with Gasteiger partial charge in [-0.05, 0) is 31.2 Å². The molecule has 3 aromatic heterocycles. The number of thiophene rings is 1. The summed E-state index contributed by atoms with van der Waals surface area (Å²) in [5, 5.41) is 12.7. The predicted octanol–water partition coefficient (Wildman–Crippen LogP) is 2.34. The molecule has 3 heterocycles. The van der Waals surface area contributed by atoms with Gasteiger partial charge in [0, 0.05) is 11.1 Å². The van der Waals surface area contributed by atoms with Crippen LogP contribution in [0.3, 0.4) is 0 Å². The first-order valence-electron chi connectivity index (χ1n) is 5.31. The molecule has 17 heavy (non-hydrogen) atoms. The molecule has 0 unspecified atom stereocenters. The van der Waals surface area contributed by atoms with E-state index in [2.05, 4.69) is 20.4 Å². The minimum Gasteiger partial charge on any atom is -0.476 e. The molecule has 3 rings (SSSR count). The maximum Gasteiger partial charge on any atom is 0.255 e. The van der Waals surface area contributed by atoms with Gasteiger partial charge >= 0.3 is 0 Å². The monoisotopic (exact) mass is 246 g/mol. The van der Waals surface area contributed by atoms with Crippen LogP contribution in [0.25, 0.3) is 20.4 Å². The number of rotatable bonds is 2. The van der Waals surface area contributed by atoms with Crippen LogP contribution < -0.4 is 4.74 Å². The lowest BCUT2D eigenvalue weighted by Gasteiger charge is -1.99. The Morgan fingerprint density at radius 3 is 3.00 bits per heavy atom. The second-order valence-corrected chi connectivity index (χ2v) is 4.61. The molecule has 0 aliphatic rings. The molecule has 3 aromatic rings. The molecule has 0 aliphatic carbocycles. The van der Waals surface area contributed by atoms with E-state index in [9.17, 15) is 0 Å². The molecular formula is C11H10N4OS. The van der Waals surface area contributed by atoms with Crippen molar-refractivity contribution in [1.29, 1.82) is 0 Å². The van der Waals surface area contributed by atoms with Gasteiger partial charge in [-0.15, -0.1) is 16.4 Å². The Bertz CT molecular complexity index is 694. The average Bonchev–Trinajstić information content (AvgIpc) is 2.68. The Morgan fingerprint density at radius 1 is 1.29 bits per heavy atom. The van der Waals surface area contributed by atoms with Crippen molar-refractivity contribution in [2.45, 2.75) is 13.8 Å². The fraction of sp³-hybridized carbons (Fsp3) is 0.273. The number of hydrogen-bond acceptors (Lipinski definition) is 6. The number of fused-ring (bicyclic) bond motifs is 3. The summed E-state index contributed by atoms with van der Waals surface area (Å²) in [6.45, 7) is 4.45. The van der Waals surface area contributed by atoms with Crippen LogP contribution in [0.15, 0.2) is 12.1 Å². The van der Waals surface area contributed by atoms with Crippen LogP contribution in [-0.2, 0) is 0 Å². The molecule has 0 radical (unpaired) electrons. The summed E-state index contributed by atoms with van der Waals surface area (Å²) in [5.74, 6) is 0.540. The van der Waals surface area contributed by atoms with Crippen molar-refractivity contribution in [2.75, 3.05) is 6.61 Å². The largest absolute Gasteiger partial charge is 0.476 e. The third-order valence-corrected chi connectivity index (χ3v) is 3.50. The molecule has 0 saturated heterocycles. The highest BCUT2D eigenvalue weighted by Crippen LogP contribution is 2.35. The number of aryl methyl sites for hydroxylation is 1. The van der Waals surface area contributed by atoms with Gasteiger partial charge in [0.1, 0.15) is 15.0 Å². The Labute approximate surface area is 101 Å². The topological polar surface area (TPSA) is 60.8 Å². The highest BCUT2D eigenvalue weighted by atomic mass is 32.1. The van der Waals surface area contributed by atoms with Crippen LogP contribution in [-0.4, -0.2) is 27.0 Å². The molecule has 0 amide bonds. The van der Waals surface area contributed by atoms with E-state index in [1.165, 1.54) is 0 Å². The van der Waals surface area contributed by atoms with Gasteiger partial charge < -0.3 is 4.74 Å². The highest BCUT2D eigenvalue weighted by Gasteiger charge is 2.13. The molecule has 0 atom stereocenters. The van der Waals surface area contributed by atoms with Gasteiger partial charge in [-0.25, -0.2) is 4.98 Å². The van der Waals surface area contributed by atoms with Crippen LogP contribution in [0, 0.1) is 6.92 Å². The van der Waals surface area contributed by atoms with Crippen molar-refractivity contribution >= 4 is 31.8 Å². The summed E-state index contributed by atoms with van der Waals surface area (Å²) in [5.41, 5.74) is 1.80. The lowest BCUT2D eigenvalue weighted by atomic mass is 10.3. The van der Waals surface area contributed by atoms with Crippen LogP contribution >= 0.6 is 11.3 Å². The number of pyridine rings is 1. The van der Waals surface area contributed by atoms with Gasteiger partial charge in [0.25, 0.3) is 5.88 Å². The summed E-state index contributed by atoms with van der Waals surface area (Å²) in [7, 11) is 0. The summed E-state index contributed by atoms with van der Waals surface area (Å²) < 4.78 is 6.36. The molecule has 0 bridgehead atoms. The van der Waals surface area contributed by atoms with Crippen LogP contribution in [0.4, 0.5) is 0 Å². The fourth-order valence-corrected chi connectivity index (χ4v) is 2.78. The lowest BCUT2D eigenvalue weighted by molar-refractivity contribution is 0.326. The van der Waals surface area contributed by atoms with E-state index in [-0.39, 0.29) is 0 Å². The third kappa shape index (κ3) is 1.61. The van der Waals surface area contributed by atoms with Gasteiger partial charge in [-0.1, -0.05) is 5.10 Å². The average molecular weight is 246 g/mol. The number of ether oxygens (including phenoxy) is 1. The maximum atomic E-state index is 5.45. The highest BCUT2D eigenvalue weighted by molar-refractivity contribution is 7.25. The number of hydrogen-bond donors (Lipinski definition) is 0. The van der Waals surface area contributed by atoms with Gasteiger partial charge in [0.2, 0.25) is 0 Å². The third-order valence-electron chi connectivity index (χ3n) is 2.42. The Balaban J connectivity index is 2.38. The maximum absolute atomic E-state index is 5.45. The molecule has 6 heteroatoms. The first-order valence-corrected chi connectivity index (χ1v) is 6.13. The van der Waals surface area contributed by atoms with Gasteiger partial charge in [-0.3, -0.25) is 0 Å². The Hall–Kier alpha value is -1.82. The molecule has 0 N–H and O–H groups in total. The van der Waals surface area contributed by atoms with Crippen molar-refractivity contribution < 1.29 is 4.74 Å². The molecule has 0 aromatic carbocycles. The standard InChI is InChI=1S/C11H10N4OS/c1-3-16-10-9-8(13-15-14-10)7-5-4-6(2)12-11(7)17-9/h4-5H,3H2,1-2H3. The molecule has 0 spiro atoms. The van der Waals surface area contributed by atoms with E-state index in [4.69, 9.17) is 4.74 Å². The molecular weight excluding hydrogens is 236 g/mol. The zero-order valence-corrected chi connectivity index (χ0v) is 10.3. The quantitative estimate of drug-likeness (QED) is 0.694. The summed E-state index contributed by atoms with van der Waals surface area (Å²) in [6, 6.07) is 3.98. The second-order valence-electron chi connectivity index (χ2n) is 3.61. The Kier molecular flexibility index (Phi) is 2.36. The minimum atomic E-state index is 0.540. The molecule has 86 valence electrons. The van der Waals surface area contributed by atoms with E-state index in [0.29, 0.717) is 12.5 Å². The van der Waals surface area contributed by atoms with Gasteiger partial charge in [-0.2, -0.15) is 0 Å². The Morgan fingerprint density at radius 2 is 2.18 bits per heavy atom. The van der Waals surface area contributed by atoms with E-state index in [1.54, 1.807) is 11.3 Å². The van der Waals surface area contributed by atoms with Crippen LogP contribution in [0.1, 0.15) is 12.6 Å². The summed E-state index contributed by atoms with van der Waals surface area (Å²) >= 11 is 1.54. The van der Waals surface area contributed by atoms with E-state index >= 15 is 0 Å².